The average Bonchev–Trinajstić information content (AvgIpc) is 3.22. The van der Waals surface area contributed by atoms with Gasteiger partial charge in [0, 0.05) is 30.0 Å². The van der Waals surface area contributed by atoms with Crippen LogP contribution in [0.3, 0.4) is 0 Å². The van der Waals surface area contributed by atoms with E-state index < -0.39 is 0 Å². The first-order valence-corrected chi connectivity index (χ1v) is 8.65. The minimum atomic E-state index is 0.0899. The lowest BCUT2D eigenvalue weighted by atomic mass is 10.1. The van der Waals surface area contributed by atoms with Gasteiger partial charge in [-0.3, -0.25) is 4.79 Å². The molecule has 2 aromatic heterocycles. The molecule has 124 valence electrons. The summed E-state index contributed by atoms with van der Waals surface area (Å²) in [6.07, 6.45) is 1.21. The number of benzene rings is 1. The van der Waals surface area contributed by atoms with E-state index in [1.807, 2.05) is 48.8 Å². The van der Waals surface area contributed by atoms with Crippen molar-refractivity contribution in [2.24, 2.45) is 0 Å². The normalized spacial score (nSPS) is 10.8. The van der Waals surface area contributed by atoms with Crippen molar-refractivity contribution in [3.63, 3.8) is 0 Å². The summed E-state index contributed by atoms with van der Waals surface area (Å²) in [4.78, 5) is 19.3. The quantitative estimate of drug-likeness (QED) is 0.686. The molecule has 0 N–H and O–H groups in total. The monoisotopic (exact) mass is 341 g/mol. The molecule has 6 heteroatoms. The van der Waals surface area contributed by atoms with Crippen LogP contribution in [-0.4, -0.2) is 28.0 Å². The van der Waals surface area contributed by atoms with Gasteiger partial charge in [0.05, 0.1) is 17.7 Å². The fourth-order valence-corrected chi connectivity index (χ4v) is 3.21. The second-order valence-corrected chi connectivity index (χ2v) is 6.60. The number of rotatable bonds is 6. The molecule has 1 aromatic carbocycles. The Morgan fingerprint density at radius 2 is 2.08 bits per heavy atom. The summed E-state index contributed by atoms with van der Waals surface area (Å²) in [6.45, 7) is 2.41. The van der Waals surface area contributed by atoms with Gasteiger partial charge in [0.2, 0.25) is 5.91 Å². The van der Waals surface area contributed by atoms with Gasteiger partial charge in [-0.2, -0.15) is 0 Å². The van der Waals surface area contributed by atoms with Crippen molar-refractivity contribution < 1.29 is 9.32 Å². The molecule has 1 amide bonds. The predicted molar refractivity (Wildman–Crippen MR) is 93.6 cm³/mol. The SMILES string of the molecule is Cc1ncsc1CCC(=O)N(C)Cc1cc(-c2ccccc2)on1. The van der Waals surface area contributed by atoms with E-state index in [0.717, 1.165) is 23.4 Å². The molecule has 0 spiro atoms. The standard InChI is InChI=1S/C18H19N3O2S/c1-13-17(24-12-19-13)8-9-18(22)21(2)11-15-10-16(23-20-15)14-6-4-3-5-7-14/h3-7,10,12H,8-9,11H2,1-2H3. The van der Waals surface area contributed by atoms with E-state index in [0.29, 0.717) is 18.7 Å². The van der Waals surface area contributed by atoms with Gasteiger partial charge >= 0.3 is 0 Å². The molecule has 2 heterocycles. The third kappa shape index (κ3) is 3.89. The molecule has 3 aromatic rings. The molecule has 0 bridgehead atoms. The highest BCUT2D eigenvalue weighted by molar-refractivity contribution is 7.09. The van der Waals surface area contributed by atoms with E-state index in [-0.39, 0.29) is 5.91 Å². The van der Waals surface area contributed by atoms with Crippen LogP contribution in [0.25, 0.3) is 11.3 Å². The number of hydrogen-bond donors (Lipinski definition) is 0. The first-order valence-electron chi connectivity index (χ1n) is 7.77. The second kappa shape index (κ2) is 7.40. The zero-order chi connectivity index (χ0) is 16.9. The lowest BCUT2D eigenvalue weighted by Crippen LogP contribution is -2.26. The van der Waals surface area contributed by atoms with Gasteiger partial charge in [-0.25, -0.2) is 4.98 Å². The zero-order valence-electron chi connectivity index (χ0n) is 13.7. The Hall–Kier alpha value is -2.47. The highest BCUT2D eigenvalue weighted by Crippen LogP contribution is 2.20. The van der Waals surface area contributed by atoms with Crippen molar-refractivity contribution in [1.82, 2.24) is 15.0 Å². The summed E-state index contributed by atoms with van der Waals surface area (Å²) in [5.74, 6) is 0.804. The molecular formula is C18H19N3O2S. The van der Waals surface area contributed by atoms with Gasteiger partial charge in [-0.1, -0.05) is 35.5 Å². The van der Waals surface area contributed by atoms with Crippen LogP contribution in [0.15, 0.2) is 46.4 Å². The number of aryl methyl sites for hydroxylation is 2. The van der Waals surface area contributed by atoms with Crippen LogP contribution in [-0.2, 0) is 17.8 Å². The molecule has 0 saturated heterocycles. The largest absolute Gasteiger partial charge is 0.356 e. The minimum absolute atomic E-state index is 0.0899. The van der Waals surface area contributed by atoms with Gasteiger partial charge in [0.25, 0.3) is 0 Å². The number of carbonyl (C=O) groups is 1. The van der Waals surface area contributed by atoms with E-state index >= 15 is 0 Å². The number of amides is 1. The van der Waals surface area contributed by atoms with E-state index in [1.54, 1.807) is 23.3 Å². The molecule has 3 rings (SSSR count). The second-order valence-electron chi connectivity index (χ2n) is 5.66. The Morgan fingerprint density at radius 1 is 1.29 bits per heavy atom. The summed E-state index contributed by atoms with van der Waals surface area (Å²) < 4.78 is 5.37. The predicted octanol–water partition coefficient (Wildman–Crippen LogP) is 3.70. The van der Waals surface area contributed by atoms with Crippen LogP contribution in [0.4, 0.5) is 0 Å². The van der Waals surface area contributed by atoms with Gasteiger partial charge in [-0.05, 0) is 13.3 Å². The third-order valence-electron chi connectivity index (χ3n) is 3.85. The highest BCUT2D eigenvalue weighted by Gasteiger charge is 2.14. The Labute approximate surface area is 144 Å². The molecular weight excluding hydrogens is 322 g/mol. The maximum absolute atomic E-state index is 12.3. The summed E-state index contributed by atoms with van der Waals surface area (Å²) in [5, 5.41) is 4.06. The average molecular weight is 341 g/mol. The maximum atomic E-state index is 12.3. The van der Waals surface area contributed by atoms with E-state index in [9.17, 15) is 4.79 Å². The Morgan fingerprint density at radius 3 is 2.79 bits per heavy atom. The number of thiazole rings is 1. The Balaban J connectivity index is 1.56. The third-order valence-corrected chi connectivity index (χ3v) is 4.85. The number of carbonyl (C=O) groups excluding carboxylic acids is 1. The van der Waals surface area contributed by atoms with Crippen molar-refractivity contribution in [3.8, 4) is 11.3 Å². The van der Waals surface area contributed by atoms with Crippen LogP contribution in [0, 0.1) is 6.92 Å². The zero-order valence-corrected chi connectivity index (χ0v) is 14.5. The molecule has 0 atom stereocenters. The molecule has 0 radical (unpaired) electrons. The van der Waals surface area contributed by atoms with E-state index in [4.69, 9.17) is 4.52 Å². The summed E-state index contributed by atoms with van der Waals surface area (Å²) in [6, 6.07) is 11.7. The van der Waals surface area contributed by atoms with Gasteiger partial charge in [-0.15, -0.1) is 11.3 Å². The lowest BCUT2D eigenvalue weighted by molar-refractivity contribution is -0.130. The van der Waals surface area contributed by atoms with Crippen molar-refractivity contribution in [1.29, 1.82) is 0 Å². The smallest absolute Gasteiger partial charge is 0.223 e. The molecule has 5 nitrogen and oxygen atoms in total. The lowest BCUT2D eigenvalue weighted by Gasteiger charge is -2.15. The summed E-state index contributed by atoms with van der Waals surface area (Å²) in [5.41, 5.74) is 4.56. The van der Waals surface area contributed by atoms with E-state index in [1.165, 1.54) is 4.88 Å². The fraction of sp³-hybridized carbons (Fsp3) is 0.278. The van der Waals surface area contributed by atoms with Crippen LogP contribution < -0.4 is 0 Å². The van der Waals surface area contributed by atoms with Crippen molar-refractivity contribution >= 4 is 17.2 Å². The molecule has 24 heavy (non-hydrogen) atoms. The van der Waals surface area contributed by atoms with Crippen LogP contribution in [0.2, 0.25) is 0 Å². The molecule has 0 unspecified atom stereocenters. The number of aromatic nitrogens is 2. The fourth-order valence-electron chi connectivity index (χ4n) is 2.43. The van der Waals surface area contributed by atoms with Crippen molar-refractivity contribution in [2.45, 2.75) is 26.3 Å². The number of nitrogens with zero attached hydrogens (tertiary/aromatic N) is 3. The van der Waals surface area contributed by atoms with Crippen molar-refractivity contribution in [3.05, 3.63) is 58.2 Å². The van der Waals surface area contributed by atoms with Gasteiger partial charge in [0.15, 0.2) is 5.76 Å². The summed E-state index contributed by atoms with van der Waals surface area (Å²) >= 11 is 1.60. The molecule has 0 aliphatic heterocycles. The Kier molecular flexibility index (Phi) is 5.05. The van der Waals surface area contributed by atoms with Crippen molar-refractivity contribution in [2.75, 3.05) is 7.05 Å². The summed E-state index contributed by atoms with van der Waals surface area (Å²) in [7, 11) is 1.79. The minimum Gasteiger partial charge on any atom is -0.356 e. The molecule has 0 fully saturated rings. The first-order chi connectivity index (χ1) is 11.6. The van der Waals surface area contributed by atoms with E-state index in [2.05, 4.69) is 10.1 Å². The topological polar surface area (TPSA) is 59.2 Å². The maximum Gasteiger partial charge on any atom is 0.223 e. The molecule has 0 aliphatic carbocycles. The number of hydrogen-bond acceptors (Lipinski definition) is 5. The van der Waals surface area contributed by atoms with Crippen LogP contribution in [0.5, 0.6) is 0 Å². The highest BCUT2D eigenvalue weighted by atomic mass is 32.1. The molecule has 0 aliphatic rings. The molecule has 0 saturated carbocycles. The van der Waals surface area contributed by atoms with Crippen LogP contribution >= 0.6 is 11.3 Å². The van der Waals surface area contributed by atoms with Gasteiger partial charge in [0.1, 0.15) is 5.69 Å². The van der Waals surface area contributed by atoms with Gasteiger partial charge < -0.3 is 9.42 Å². The van der Waals surface area contributed by atoms with Crippen LogP contribution in [0.1, 0.15) is 22.7 Å². The Bertz CT molecular complexity index is 811. The first kappa shape index (κ1) is 16.4.